The van der Waals surface area contributed by atoms with Crippen molar-refractivity contribution in [2.45, 2.75) is 33.8 Å². The Morgan fingerprint density at radius 1 is 1.04 bits per heavy atom. The van der Waals surface area contributed by atoms with E-state index in [1.807, 2.05) is 57.2 Å². The SMILES string of the molecule is Cc1ccccc1OCCC(=O)OCc1cc(=O)oc2c(C)c(C)ccc12. The van der Waals surface area contributed by atoms with E-state index in [9.17, 15) is 9.59 Å². The maximum Gasteiger partial charge on any atom is 0.336 e. The predicted molar refractivity (Wildman–Crippen MR) is 103 cm³/mol. The fourth-order valence-electron chi connectivity index (χ4n) is 2.84. The number of carbonyl (C=O) groups is 1. The minimum atomic E-state index is -0.454. The summed E-state index contributed by atoms with van der Waals surface area (Å²) in [6.07, 6.45) is 0.131. The lowest BCUT2D eigenvalue weighted by Gasteiger charge is -2.11. The molecule has 0 aliphatic carbocycles. The average molecular weight is 366 g/mol. The number of hydrogen-bond donors (Lipinski definition) is 0. The highest BCUT2D eigenvalue weighted by atomic mass is 16.5. The molecule has 0 amide bonds. The third-order valence-corrected chi connectivity index (χ3v) is 4.56. The van der Waals surface area contributed by atoms with Gasteiger partial charge in [-0.1, -0.05) is 30.3 Å². The third kappa shape index (κ3) is 4.37. The van der Waals surface area contributed by atoms with Crippen molar-refractivity contribution in [2.75, 3.05) is 6.61 Å². The van der Waals surface area contributed by atoms with E-state index in [0.29, 0.717) is 11.1 Å². The maximum atomic E-state index is 12.0. The summed E-state index contributed by atoms with van der Waals surface area (Å²) in [6, 6.07) is 12.8. The molecule has 1 aromatic heterocycles. The number of para-hydroxylation sites is 1. The van der Waals surface area contributed by atoms with Crippen molar-refractivity contribution < 1.29 is 18.7 Å². The quantitative estimate of drug-likeness (QED) is 0.482. The molecule has 0 bridgehead atoms. The van der Waals surface area contributed by atoms with Crippen molar-refractivity contribution >= 4 is 16.9 Å². The summed E-state index contributed by atoms with van der Waals surface area (Å²) in [5.74, 6) is 0.372. The predicted octanol–water partition coefficient (Wildman–Crippen LogP) is 4.23. The van der Waals surface area contributed by atoms with Gasteiger partial charge in [-0.15, -0.1) is 0 Å². The van der Waals surface area contributed by atoms with Gasteiger partial charge in [-0.3, -0.25) is 4.79 Å². The van der Waals surface area contributed by atoms with E-state index < -0.39 is 5.63 Å². The monoisotopic (exact) mass is 366 g/mol. The highest BCUT2D eigenvalue weighted by Crippen LogP contribution is 2.23. The first-order valence-corrected chi connectivity index (χ1v) is 8.82. The van der Waals surface area contributed by atoms with Crippen LogP contribution in [0.25, 0.3) is 11.0 Å². The van der Waals surface area contributed by atoms with Crippen LogP contribution in [0, 0.1) is 20.8 Å². The standard InChI is InChI=1S/C22H22O5/c1-14-8-9-18-17(12-21(24)27-22(18)16(14)3)13-26-20(23)10-11-25-19-7-5-4-6-15(19)2/h4-9,12H,10-11,13H2,1-3H3. The molecule has 0 N–H and O–H groups in total. The van der Waals surface area contributed by atoms with E-state index in [2.05, 4.69) is 0 Å². The van der Waals surface area contributed by atoms with Gasteiger partial charge in [-0.25, -0.2) is 4.79 Å². The molecule has 5 heteroatoms. The van der Waals surface area contributed by atoms with Crippen LogP contribution in [0.15, 0.2) is 51.7 Å². The second-order valence-corrected chi connectivity index (χ2v) is 6.50. The Bertz CT molecular complexity index is 1030. The summed E-state index contributed by atoms with van der Waals surface area (Å²) in [5, 5.41) is 0.779. The molecule has 140 valence electrons. The lowest BCUT2D eigenvalue weighted by molar-refractivity contribution is -0.145. The van der Waals surface area contributed by atoms with Crippen molar-refractivity contribution in [3.05, 3.63) is 75.1 Å². The summed E-state index contributed by atoms with van der Waals surface area (Å²) < 4.78 is 16.3. The number of rotatable bonds is 6. The zero-order chi connectivity index (χ0) is 19.4. The largest absolute Gasteiger partial charge is 0.493 e. The van der Waals surface area contributed by atoms with Crippen LogP contribution in [0.4, 0.5) is 0 Å². The third-order valence-electron chi connectivity index (χ3n) is 4.56. The summed E-state index contributed by atoms with van der Waals surface area (Å²) in [6.45, 7) is 6.06. The number of ether oxygens (including phenoxy) is 2. The number of hydrogen-bond acceptors (Lipinski definition) is 5. The lowest BCUT2D eigenvalue weighted by Crippen LogP contribution is -2.11. The zero-order valence-corrected chi connectivity index (χ0v) is 15.7. The highest BCUT2D eigenvalue weighted by molar-refractivity contribution is 5.84. The van der Waals surface area contributed by atoms with Crippen LogP contribution in [-0.4, -0.2) is 12.6 Å². The molecule has 0 radical (unpaired) electrons. The van der Waals surface area contributed by atoms with Gasteiger partial charge in [0.2, 0.25) is 0 Å². The topological polar surface area (TPSA) is 65.7 Å². The minimum Gasteiger partial charge on any atom is -0.493 e. The van der Waals surface area contributed by atoms with Crippen molar-refractivity contribution in [3.63, 3.8) is 0 Å². The normalized spacial score (nSPS) is 10.8. The van der Waals surface area contributed by atoms with Crippen LogP contribution < -0.4 is 10.4 Å². The molecule has 3 rings (SSSR count). The fourth-order valence-corrected chi connectivity index (χ4v) is 2.84. The van der Waals surface area contributed by atoms with E-state index in [1.54, 1.807) is 0 Å². The van der Waals surface area contributed by atoms with E-state index in [4.69, 9.17) is 13.9 Å². The number of carbonyl (C=O) groups excluding carboxylic acids is 1. The number of aryl methyl sites for hydroxylation is 3. The Morgan fingerprint density at radius 3 is 2.59 bits per heavy atom. The van der Waals surface area contributed by atoms with Gasteiger partial charge in [-0.2, -0.15) is 0 Å². The lowest BCUT2D eigenvalue weighted by atomic mass is 10.0. The van der Waals surface area contributed by atoms with Crippen molar-refractivity contribution in [2.24, 2.45) is 0 Å². The zero-order valence-electron chi connectivity index (χ0n) is 15.7. The van der Waals surface area contributed by atoms with Gasteiger partial charge in [-0.05, 0) is 43.5 Å². The summed E-state index contributed by atoms with van der Waals surface area (Å²) >= 11 is 0. The van der Waals surface area contributed by atoms with E-state index in [1.165, 1.54) is 6.07 Å². The van der Waals surface area contributed by atoms with E-state index in [0.717, 1.165) is 27.8 Å². The molecular weight excluding hydrogens is 344 g/mol. The van der Waals surface area contributed by atoms with Gasteiger partial charge in [0.15, 0.2) is 0 Å². The molecule has 0 aliphatic rings. The number of fused-ring (bicyclic) bond motifs is 1. The average Bonchev–Trinajstić information content (AvgIpc) is 2.64. The Hall–Kier alpha value is -3.08. The first kappa shape index (κ1) is 18.7. The first-order chi connectivity index (χ1) is 13.0. The molecule has 27 heavy (non-hydrogen) atoms. The molecule has 0 aliphatic heterocycles. The Labute approximate surface area is 157 Å². The second kappa shape index (κ2) is 8.08. The van der Waals surface area contributed by atoms with Gasteiger partial charge >= 0.3 is 11.6 Å². The van der Waals surface area contributed by atoms with Gasteiger partial charge in [0, 0.05) is 17.0 Å². The molecule has 3 aromatic rings. The molecule has 0 atom stereocenters. The Kier molecular flexibility index (Phi) is 5.60. The molecule has 0 saturated heterocycles. The molecule has 1 heterocycles. The maximum absolute atomic E-state index is 12.0. The number of esters is 1. The van der Waals surface area contributed by atoms with Gasteiger partial charge in [0.25, 0.3) is 0 Å². The fraction of sp³-hybridized carbons (Fsp3) is 0.273. The first-order valence-electron chi connectivity index (χ1n) is 8.82. The molecule has 2 aromatic carbocycles. The number of benzene rings is 2. The van der Waals surface area contributed by atoms with E-state index in [-0.39, 0.29) is 25.6 Å². The van der Waals surface area contributed by atoms with Crippen LogP contribution in [0.3, 0.4) is 0 Å². The van der Waals surface area contributed by atoms with Crippen molar-refractivity contribution in [1.29, 1.82) is 0 Å². The smallest absolute Gasteiger partial charge is 0.336 e. The van der Waals surface area contributed by atoms with Crippen LogP contribution in [-0.2, 0) is 16.1 Å². The minimum absolute atomic E-state index is 0.0216. The molecule has 0 fully saturated rings. The van der Waals surface area contributed by atoms with Crippen LogP contribution in [0.5, 0.6) is 5.75 Å². The van der Waals surface area contributed by atoms with E-state index >= 15 is 0 Å². The van der Waals surface area contributed by atoms with Gasteiger partial charge in [0.05, 0.1) is 13.0 Å². The molecule has 0 saturated carbocycles. The van der Waals surface area contributed by atoms with Crippen LogP contribution >= 0.6 is 0 Å². The van der Waals surface area contributed by atoms with Gasteiger partial charge < -0.3 is 13.9 Å². The molecule has 5 nitrogen and oxygen atoms in total. The van der Waals surface area contributed by atoms with Crippen LogP contribution in [0.1, 0.15) is 28.7 Å². The molecule has 0 unspecified atom stereocenters. The molecule has 0 spiro atoms. The van der Waals surface area contributed by atoms with Gasteiger partial charge in [0.1, 0.15) is 17.9 Å². The Morgan fingerprint density at radius 2 is 1.81 bits per heavy atom. The van der Waals surface area contributed by atoms with Crippen molar-refractivity contribution in [1.82, 2.24) is 0 Å². The summed E-state index contributed by atoms with van der Waals surface area (Å²) in [7, 11) is 0. The van der Waals surface area contributed by atoms with Crippen LogP contribution in [0.2, 0.25) is 0 Å². The Balaban J connectivity index is 1.63. The molecular formula is C22H22O5. The second-order valence-electron chi connectivity index (χ2n) is 6.50. The van der Waals surface area contributed by atoms with Crippen molar-refractivity contribution in [3.8, 4) is 5.75 Å². The summed E-state index contributed by atoms with van der Waals surface area (Å²) in [4.78, 5) is 23.9. The summed E-state index contributed by atoms with van der Waals surface area (Å²) in [5.41, 5.74) is 3.68. The highest BCUT2D eigenvalue weighted by Gasteiger charge is 2.12.